The van der Waals surface area contributed by atoms with Gasteiger partial charge in [0.2, 0.25) is 5.91 Å². The summed E-state index contributed by atoms with van der Waals surface area (Å²) in [5.41, 5.74) is 4.18. The first-order valence-electron chi connectivity index (χ1n) is 10.8. The molecular formula is C25H33BrN2O3. The summed E-state index contributed by atoms with van der Waals surface area (Å²) in [6, 6.07) is 11.1. The first-order valence-corrected chi connectivity index (χ1v) is 11.5. The van der Waals surface area contributed by atoms with Gasteiger partial charge >= 0.3 is 0 Å². The van der Waals surface area contributed by atoms with Gasteiger partial charge in [-0.1, -0.05) is 53.5 Å². The van der Waals surface area contributed by atoms with E-state index in [1.807, 2.05) is 57.2 Å². The Morgan fingerprint density at radius 1 is 1.10 bits per heavy atom. The smallest absolute Gasteiger partial charge is 0.261 e. The van der Waals surface area contributed by atoms with Crippen LogP contribution in [0.1, 0.15) is 48.9 Å². The summed E-state index contributed by atoms with van der Waals surface area (Å²) in [6.45, 7) is 10.7. The Hall–Kier alpha value is -2.34. The van der Waals surface area contributed by atoms with Gasteiger partial charge in [-0.2, -0.15) is 0 Å². The maximum Gasteiger partial charge on any atom is 0.261 e. The zero-order valence-electron chi connectivity index (χ0n) is 19.1. The van der Waals surface area contributed by atoms with Gasteiger partial charge in [-0.05, 0) is 68.5 Å². The topological polar surface area (TPSA) is 58.6 Å². The van der Waals surface area contributed by atoms with E-state index in [2.05, 4.69) is 28.2 Å². The monoisotopic (exact) mass is 488 g/mol. The predicted molar refractivity (Wildman–Crippen MR) is 128 cm³/mol. The zero-order chi connectivity index (χ0) is 23.0. The fourth-order valence-electron chi connectivity index (χ4n) is 3.31. The van der Waals surface area contributed by atoms with Gasteiger partial charge in [0.05, 0.1) is 0 Å². The van der Waals surface area contributed by atoms with Crippen molar-refractivity contribution in [1.29, 1.82) is 0 Å². The lowest BCUT2D eigenvalue weighted by Crippen LogP contribution is -2.49. The zero-order valence-corrected chi connectivity index (χ0v) is 20.7. The number of nitrogens with zero attached hydrogens (tertiary/aromatic N) is 1. The number of rotatable bonds is 10. The standard InChI is InChI=1S/C25H33BrN2O3/c1-6-7-12-27-25(30)20(5)28(15-21-11-9-8-10-17(21)2)23(29)16-31-22-13-18(3)24(26)19(4)14-22/h8-11,13-14,20H,6-7,12,15-16H2,1-5H3,(H,27,30)/t20-/m0/s1. The number of amides is 2. The molecule has 6 heteroatoms. The average Bonchev–Trinajstić information content (AvgIpc) is 2.74. The molecule has 0 spiro atoms. The molecule has 0 saturated carbocycles. The van der Waals surface area contributed by atoms with Gasteiger partial charge in [0.1, 0.15) is 11.8 Å². The fraction of sp³-hybridized carbons (Fsp3) is 0.440. The van der Waals surface area contributed by atoms with E-state index in [-0.39, 0.29) is 18.4 Å². The van der Waals surface area contributed by atoms with Gasteiger partial charge in [0, 0.05) is 17.6 Å². The SMILES string of the molecule is CCCCNC(=O)[C@H](C)N(Cc1ccccc1C)C(=O)COc1cc(C)c(Br)c(C)c1. The normalized spacial score (nSPS) is 11.7. The Morgan fingerprint density at radius 3 is 2.35 bits per heavy atom. The number of ether oxygens (including phenoxy) is 1. The van der Waals surface area contributed by atoms with Gasteiger partial charge < -0.3 is 15.0 Å². The number of hydrogen-bond donors (Lipinski definition) is 1. The van der Waals surface area contributed by atoms with Crippen molar-refractivity contribution in [1.82, 2.24) is 10.2 Å². The largest absolute Gasteiger partial charge is 0.484 e. The summed E-state index contributed by atoms with van der Waals surface area (Å²) in [6.07, 6.45) is 1.91. The van der Waals surface area contributed by atoms with E-state index in [1.54, 1.807) is 11.8 Å². The molecule has 168 valence electrons. The van der Waals surface area contributed by atoms with Crippen molar-refractivity contribution >= 4 is 27.7 Å². The predicted octanol–water partition coefficient (Wildman–Crippen LogP) is 5.09. The van der Waals surface area contributed by atoms with Crippen LogP contribution in [0, 0.1) is 20.8 Å². The second-order valence-corrected chi connectivity index (χ2v) is 8.72. The van der Waals surface area contributed by atoms with Gasteiger partial charge in [-0.3, -0.25) is 9.59 Å². The molecule has 2 aromatic rings. The third-order valence-corrected chi connectivity index (χ3v) is 6.62. The molecular weight excluding hydrogens is 456 g/mol. The Bertz CT molecular complexity index is 890. The highest BCUT2D eigenvalue weighted by atomic mass is 79.9. The van der Waals surface area contributed by atoms with E-state index in [0.717, 1.165) is 39.6 Å². The van der Waals surface area contributed by atoms with E-state index < -0.39 is 6.04 Å². The number of hydrogen-bond acceptors (Lipinski definition) is 3. The Kier molecular flexibility index (Phi) is 9.56. The van der Waals surface area contributed by atoms with E-state index in [4.69, 9.17) is 4.74 Å². The van der Waals surface area contributed by atoms with Crippen LogP contribution in [0.5, 0.6) is 5.75 Å². The van der Waals surface area contributed by atoms with Crippen LogP contribution in [-0.2, 0) is 16.1 Å². The minimum Gasteiger partial charge on any atom is -0.484 e. The molecule has 0 bridgehead atoms. The molecule has 1 atom stereocenters. The van der Waals surface area contributed by atoms with Crippen LogP contribution in [0.15, 0.2) is 40.9 Å². The number of benzene rings is 2. The molecule has 0 aliphatic heterocycles. The highest BCUT2D eigenvalue weighted by Crippen LogP contribution is 2.26. The first kappa shape index (κ1) is 24.9. The number of carbonyl (C=O) groups excluding carboxylic acids is 2. The van der Waals surface area contributed by atoms with Gasteiger partial charge in [-0.15, -0.1) is 0 Å². The molecule has 31 heavy (non-hydrogen) atoms. The molecule has 1 N–H and O–H groups in total. The maximum absolute atomic E-state index is 13.2. The van der Waals surface area contributed by atoms with Gasteiger partial charge in [0.15, 0.2) is 6.61 Å². The molecule has 0 heterocycles. The third kappa shape index (κ3) is 7.10. The van der Waals surface area contributed by atoms with Crippen molar-refractivity contribution in [3.63, 3.8) is 0 Å². The van der Waals surface area contributed by atoms with Crippen LogP contribution >= 0.6 is 15.9 Å². The lowest BCUT2D eigenvalue weighted by molar-refractivity contribution is -0.142. The lowest BCUT2D eigenvalue weighted by atomic mass is 10.1. The highest BCUT2D eigenvalue weighted by Gasteiger charge is 2.26. The fourth-order valence-corrected chi connectivity index (χ4v) is 3.54. The van der Waals surface area contributed by atoms with Crippen molar-refractivity contribution in [2.24, 2.45) is 0 Å². The second-order valence-electron chi connectivity index (χ2n) is 7.93. The van der Waals surface area contributed by atoms with Gasteiger partial charge in [0.25, 0.3) is 5.91 Å². The summed E-state index contributed by atoms with van der Waals surface area (Å²) < 4.78 is 6.85. The van der Waals surface area contributed by atoms with Crippen molar-refractivity contribution in [2.45, 2.75) is 60.0 Å². The average molecular weight is 489 g/mol. The van der Waals surface area contributed by atoms with E-state index in [1.165, 1.54) is 0 Å². The third-order valence-electron chi connectivity index (χ3n) is 5.37. The first-order chi connectivity index (χ1) is 14.7. The summed E-state index contributed by atoms with van der Waals surface area (Å²) in [5, 5.41) is 2.94. The van der Waals surface area contributed by atoms with Crippen LogP contribution in [-0.4, -0.2) is 35.9 Å². The van der Waals surface area contributed by atoms with Crippen molar-refractivity contribution < 1.29 is 14.3 Å². The molecule has 0 aliphatic carbocycles. The van der Waals surface area contributed by atoms with Crippen LogP contribution in [0.4, 0.5) is 0 Å². The summed E-state index contributed by atoms with van der Waals surface area (Å²) >= 11 is 3.55. The number of aryl methyl sites for hydroxylation is 3. The molecule has 0 unspecified atom stereocenters. The maximum atomic E-state index is 13.2. The van der Waals surface area contributed by atoms with Crippen LogP contribution in [0.2, 0.25) is 0 Å². The molecule has 0 aliphatic rings. The Morgan fingerprint density at radius 2 is 1.74 bits per heavy atom. The van der Waals surface area contributed by atoms with Crippen molar-refractivity contribution in [3.05, 3.63) is 63.1 Å². The molecule has 0 saturated heterocycles. The molecule has 2 aromatic carbocycles. The minimum atomic E-state index is -0.596. The van der Waals surface area contributed by atoms with Crippen LogP contribution in [0.25, 0.3) is 0 Å². The highest BCUT2D eigenvalue weighted by molar-refractivity contribution is 9.10. The summed E-state index contributed by atoms with van der Waals surface area (Å²) in [7, 11) is 0. The molecule has 0 fully saturated rings. The summed E-state index contributed by atoms with van der Waals surface area (Å²) in [4.78, 5) is 27.4. The lowest BCUT2D eigenvalue weighted by Gasteiger charge is -2.29. The number of nitrogens with one attached hydrogen (secondary N) is 1. The summed E-state index contributed by atoms with van der Waals surface area (Å²) in [5.74, 6) is 0.271. The van der Waals surface area contributed by atoms with Crippen LogP contribution < -0.4 is 10.1 Å². The molecule has 2 amide bonds. The molecule has 0 aromatic heterocycles. The van der Waals surface area contributed by atoms with Crippen LogP contribution in [0.3, 0.4) is 0 Å². The van der Waals surface area contributed by atoms with E-state index >= 15 is 0 Å². The molecule has 2 rings (SSSR count). The number of carbonyl (C=O) groups is 2. The Labute approximate surface area is 194 Å². The Balaban J connectivity index is 2.17. The van der Waals surface area contributed by atoms with E-state index in [9.17, 15) is 9.59 Å². The van der Waals surface area contributed by atoms with Gasteiger partial charge in [-0.25, -0.2) is 0 Å². The number of unbranched alkanes of at least 4 members (excludes halogenated alkanes) is 1. The number of halogens is 1. The minimum absolute atomic E-state index is 0.126. The quantitative estimate of drug-likeness (QED) is 0.474. The van der Waals surface area contributed by atoms with Crippen molar-refractivity contribution in [2.75, 3.05) is 13.2 Å². The van der Waals surface area contributed by atoms with Crippen molar-refractivity contribution in [3.8, 4) is 5.75 Å². The second kappa shape index (κ2) is 11.9. The molecule has 5 nitrogen and oxygen atoms in total. The molecule has 0 radical (unpaired) electrons. The van der Waals surface area contributed by atoms with E-state index in [0.29, 0.717) is 18.8 Å².